The maximum Gasteiger partial charge on any atom is 0.408 e. The molecule has 0 aliphatic rings. The Balaban J connectivity index is -0.000000177. The van der Waals surface area contributed by atoms with Crippen LogP contribution in [0.1, 0.15) is 172 Å². The van der Waals surface area contributed by atoms with E-state index in [2.05, 4.69) is 60.7 Å². The van der Waals surface area contributed by atoms with Crippen LogP contribution in [0.3, 0.4) is 0 Å². The van der Waals surface area contributed by atoms with Crippen LogP contribution in [0.2, 0.25) is 0 Å². The topological polar surface area (TPSA) is 637 Å². The number of aliphatic hydroxyl groups excluding tert-OH is 1. The summed E-state index contributed by atoms with van der Waals surface area (Å²) in [6.07, 6.45) is 2.11. The van der Waals surface area contributed by atoms with E-state index in [0.717, 1.165) is 12.2 Å². The predicted octanol–water partition coefficient (Wildman–Crippen LogP) is 4.94. The molecule has 121 heavy (non-hydrogen) atoms. The van der Waals surface area contributed by atoms with Crippen LogP contribution in [0.15, 0.2) is 24.3 Å². The van der Waals surface area contributed by atoms with E-state index in [4.69, 9.17) is 68.8 Å². The van der Waals surface area contributed by atoms with E-state index in [1.54, 1.807) is 145 Å². The van der Waals surface area contributed by atoms with E-state index in [0.29, 0.717) is 6.29 Å². The molecule has 0 unspecified atom stereocenters. The van der Waals surface area contributed by atoms with Gasteiger partial charge in [-0.05, 0) is 145 Å². The molecule has 3 atom stereocenters. The number of ether oxygens (including phenoxy) is 10. The Morgan fingerprint density at radius 3 is 0.884 bits per heavy atom. The number of hydrogen-bond acceptors (Lipinski definition) is 38. The molecular weight excluding hydrogens is 1670 g/mol. The molecule has 12 N–H and O–H groups in total. The zero-order valence-electron chi connectivity index (χ0n) is 75.3. The van der Waals surface area contributed by atoms with E-state index in [-0.39, 0.29) is 105 Å². The fraction of sp³-hybridized carbons (Fsp3) is 0.726. The lowest BCUT2D eigenvalue weighted by atomic mass is 10.1. The lowest BCUT2D eigenvalue weighted by molar-refractivity contribution is -0.156. The van der Waals surface area contributed by atoms with Gasteiger partial charge in [-0.25, -0.2) is 9.59 Å². The number of methoxy groups -OCH3 is 5. The first kappa shape index (κ1) is 128. The third-order valence-corrected chi connectivity index (χ3v) is 16.8. The first-order valence-corrected chi connectivity index (χ1v) is 41.9. The minimum absolute atomic E-state index is 0. The van der Waals surface area contributed by atoms with Gasteiger partial charge in [0.25, 0.3) is 0 Å². The maximum absolute atomic E-state index is 12.0. The highest BCUT2D eigenvalue weighted by Gasteiger charge is 2.31. The molecule has 0 aliphatic heterocycles. The number of aldehydes is 1. The van der Waals surface area contributed by atoms with Crippen molar-refractivity contribution in [3.63, 3.8) is 0 Å². The number of amides is 6. The number of nitrogens with two attached hydrogens (primary N) is 2. The van der Waals surface area contributed by atoms with Crippen molar-refractivity contribution in [2.45, 2.75) is 218 Å². The zero-order chi connectivity index (χ0) is 96.2. The quantitative estimate of drug-likeness (QED) is 0.0128. The summed E-state index contributed by atoms with van der Waals surface area (Å²) < 4.78 is 117. The van der Waals surface area contributed by atoms with Crippen molar-refractivity contribution in [2.24, 2.45) is 11.5 Å². The third kappa shape index (κ3) is 93.3. The molecule has 6 amide bonds. The van der Waals surface area contributed by atoms with E-state index >= 15 is 0 Å². The summed E-state index contributed by atoms with van der Waals surface area (Å²) in [7, 11) is -2.76. The molecule has 45 nitrogen and oxygen atoms in total. The Morgan fingerprint density at radius 2 is 0.645 bits per heavy atom. The monoisotopic (exact) mass is 1810 g/mol. The Labute approximate surface area is 712 Å². The summed E-state index contributed by atoms with van der Waals surface area (Å²) in [5.41, 5.74) is 7.20. The van der Waals surface area contributed by atoms with Gasteiger partial charge in [0, 0.05) is 25.3 Å². The van der Waals surface area contributed by atoms with Gasteiger partial charge in [-0.1, -0.05) is 19.6 Å². The van der Waals surface area contributed by atoms with Crippen LogP contribution in [-0.4, -0.2) is 287 Å². The van der Waals surface area contributed by atoms with Crippen molar-refractivity contribution < 1.29 is 175 Å². The number of hydrogen-bond donors (Lipinski definition) is 10. The fourth-order valence-electron chi connectivity index (χ4n) is 6.75. The van der Waals surface area contributed by atoms with Crippen LogP contribution < -0.4 is 43.4 Å². The largest absolute Gasteiger partial charge is 0.481 e. The predicted molar refractivity (Wildman–Crippen MR) is 441 cm³/mol. The molecule has 0 radical (unpaired) electrons. The Hall–Kier alpha value is -8.87. The van der Waals surface area contributed by atoms with Gasteiger partial charge in [-0.15, -0.1) is 0 Å². The SMILES string of the molecule is C.CC(C)(C)OC(=O)C[C@@H](C=O)NC(=O)OC(C)(C)C.CCOP(=O)(CC(=O)NCC(=O)OC)OCC.CCOP(=O)(CC(=O)NCC(=O)OC)OCC.CCOP(=O)(CC(=O)O)OCC.COC(=O)CN.COC(=O)CNC(=O)/C=C/[C@@H](N)CC(=O)OC(C)(C)C.COC(=O)CNC(=O)/C=C/[C@H](CC(=O)OC(C)(C)C)NC(=O)OC(C)(C)C.[2H]OC. The van der Waals surface area contributed by atoms with Crippen LogP contribution >= 0.6 is 22.8 Å². The molecule has 0 fully saturated rings. The van der Waals surface area contributed by atoms with Crippen LogP contribution in [0.4, 0.5) is 9.59 Å². The molecule has 0 rings (SSSR count). The Morgan fingerprint density at radius 1 is 0.397 bits per heavy atom. The van der Waals surface area contributed by atoms with E-state index in [9.17, 15) is 90.4 Å². The number of carbonyl (C=O) groups is 16. The van der Waals surface area contributed by atoms with Crippen LogP contribution in [0.25, 0.3) is 0 Å². The standard InChI is InChI=1S/C18H30N2O7.C13H22N2O5.C13H23NO5.2C9H18NO6P.C6H13O5P.C3H7NO2.CH4O.CH4/c1-17(2,3)26-14(22)10-12(20-16(24)27-18(4,5)6)8-9-13(21)19-11-15(23)25-7;1-13(2,3)20-11(17)7-9(14)5-6-10(16)15-8-12(18)19-4;1-12(2,3)18-10(16)7-9(8-15)14-11(17)19-13(4,5)6;2*1-4-15-17(13,16-5-2)7-8(11)10-6-9(12)14-3;1-3-10-12(9,11-4-2)5-6(7)8;1-6-3(5)2-4;1-2;/h8-9,12H,10-11H2,1-7H3,(H,19,21)(H,20,24);5-6,9H,7-8,14H2,1-4H3,(H,15,16);8-9H,7H2,1-6H3,(H,14,17);2*4-7H2,1-3H3,(H,10,11);3-5H2,1-2H3,(H,7,8);2,4H2,1H3;2H,1H3;1H4/b9-8+;6-5+;;;;;;;/t12-;2*9-;;;;;;/m110....../s1/i;;;;;;;2D;. The lowest BCUT2D eigenvalue weighted by Gasteiger charge is -2.23. The van der Waals surface area contributed by atoms with Gasteiger partial charge >= 0.3 is 88.7 Å². The van der Waals surface area contributed by atoms with Crippen LogP contribution in [0.5, 0.6) is 0 Å². The number of esters is 8. The van der Waals surface area contributed by atoms with Crippen molar-refractivity contribution in [3.8, 4) is 0 Å². The normalized spacial score (nSPS) is 11.9. The Kier molecular flexibility index (Phi) is 75.7. The molecule has 0 aromatic heterocycles. The van der Waals surface area contributed by atoms with Gasteiger partial charge in [-0.2, -0.15) is 0 Å². The number of carbonyl (C=O) groups excluding carboxylic acids is 15. The Bertz CT molecular complexity index is 3160. The lowest BCUT2D eigenvalue weighted by Crippen LogP contribution is -2.41. The van der Waals surface area contributed by atoms with Crippen molar-refractivity contribution >= 4 is 119 Å². The van der Waals surface area contributed by atoms with E-state index in [1.807, 2.05) is 0 Å². The molecule has 0 heterocycles. The molecular formula is C73H139N8O37P3. The smallest absolute Gasteiger partial charge is 0.408 e. The fourth-order valence-corrected chi connectivity index (χ4v) is 11.1. The highest BCUT2D eigenvalue weighted by atomic mass is 31.2. The maximum atomic E-state index is 12.0. The number of nitrogens with one attached hydrogen (secondary N) is 6. The van der Waals surface area contributed by atoms with Crippen LogP contribution in [-0.2, 0) is 155 Å². The number of aliphatic carboxylic acids is 1. The van der Waals surface area contributed by atoms with Crippen molar-refractivity contribution in [1.29, 1.82) is 1.43 Å². The highest BCUT2D eigenvalue weighted by Crippen LogP contribution is 2.49. The molecule has 48 heteroatoms. The summed E-state index contributed by atoms with van der Waals surface area (Å²) >= 11 is 0. The summed E-state index contributed by atoms with van der Waals surface area (Å²) in [6, 6.07) is -2.42. The minimum atomic E-state index is -3.41. The van der Waals surface area contributed by atoms with Gasteiger partial charge in [0.15, 0.2) is 0 Å². The van der Waals surface area contributed by atoms with E-state index in [1.165, 1.54) is 54.8 Å². The molecule has 0 saturated heterocycles. The molecule has 0 spiro atoms. The van der Waals surface area contributed by atoms with Gasteiger partial charge < -0.3 is 133 Å². The number of alkyl carbamates (subject to hydrolysis) is 2. The minimum Gasteiger partial charge on any atom is -0.481 e. The molecule has 0 bridgehead atoms. The molecule has 0 aromatic rings. The number of carboxylic acids is 1. The average molecular weight is 1810 g/mol. The van der Waals surface area contributed by atoms with Gasteiger partial charge in [-0.3, -0.25) is 76.0 Å². The summed E-state index contributed by atoms with van der Waals surface area (Å²) in [5.74, 6) is -7.67. The molecule has 0 saturated carbocycles. The molecule has 708 valence electrons. The average Bonchev–Trinajstić information content (AvgIpc) is 0.813. The van der Waals surface area contributed by atoms with Gasteiger partial charge in [0.2, 0.25) is 25.1 Å². The second-order valence-electron chi connectivity index (χ2n) is 27.7. The first-order valence-electron chi connectivity index (χ1n) is 37.1. The summed E-state index contributed by atoms with van der Waals surface area (Å²) in [4.78, 5) is 178. The second-order valence-corrected chi connectivity index (χ2v) is 33.8. The number of aliphatic hydroxyl groups is 1. The van der Waals surface area contributed by atoms with Crippen molar-refractivity contribution in [2.75, 3.05) is 134 Å². The van der Waals surface area contributed by atoms with Gasteiger partial charge in [0.1, 0.15) is 79.0 Å². The zero-order valence-corrected chi connectivity index (χ0v) is 77.0. The number of carboxylic acid groups (broad SMARTS) is 1. The van der Waals surface area contributed by atoms with E-state index < -0.39 is 171 Å². The van der Waals surface area contributed by atoms with Crippen molar-refractivity contribution in [3.05, 3.63) is 24.3 Å². The van der Waals surface area contributed by atoms with Gasteiger partial charge in [0.05, 0.1) is 113 Å². The van der Waals surface area contributed by atoms with Crippen LogP contribution in [0, 0.1) is 0 Å². The molecule has 0 aromatic carbocycles. The third-order valence-electron chi connectivity index (χ3n) is 10.9. The second kappa shape index (κ2) is 71.7. The first-order chi connectivity index (χ1) is 55.5. The summed E-state index contributed by atoms with van der Waals surface area (Å²) in [6.45, 7) is 35.7. The highest BCUT2D eigenvalue weighted by molar-refractivity contribution is 7.55. The summed E-state index contributed by atoms with van der Waals surface area (Å²) in [5, 5.41) is 25.8. The number of rotatable bonds is 40. The van der Waals surface area contributed by atoms with Crippen molar-refractivity contribution in [1.82, 2.24) is 31.9 Å². The molecule has 0 aliphatic carbocycles.